The lowest BCUT2D eigenvalue weighted by Gasteiger charge is -2.10. The zero-order valence-corrected chi connectivity index (χ0v) is 9.14. The molecular weight excluding hydrogens is 219 g/mol. The molecule has 0 aromatic heterocycles. The highest BCUT2D eigenvalue weighted by molar-refractivity contribution is 5.27. The third kappa shape index (κ3) is 5.02. The number of hydrogen-bond acceptors (Lipinski definition) is 2. The second-order valence-corrected chi connectivity index (χ2v) is 3.73. The first-order chi connectivity index (χ1) is 7.37. The van der Waals surface area contributed by atoms with E-state index in [2.05, 4.69) is 10.1 Å². The maximum atomic E-state index is 11.9. The average molecular weight is 233 g/mol. The summed E-state index contributed by atoms with van der Waals surface area (Å²) in [6.45, 7) is 4.63. The highest BCUT2D eigenvalue weighted by atomic mass is 19.4. The van der Waals surface area contributed by atoms with E-state index in [0.717, 1.165) is 5.56 Å². The summed E-state index contributed by atoms with van der Waals surface area (Å²) in [5.74, 6) is -0.194. The van der Waals surface area contributed by atoms with Gasteiger partial charge in [0.1, 0.15) is 5.75 Å². The molecule has 0 amide bonds. The Labute approximate surface area is 92.4 Å². The molecule has 0 fully saturated rings. The average Bonchev–Trinajstić information content (AvgIpc) is 2.14. The van der Waals surface area contributed by atoms with Crippen LogP contribution in [0, 0.1) is 0 Å². The van der Waals surface area contributed by atoms with Crippen molar-refractivity contribution in [2.75, 3.05) is 0 Å². The molecule has 0 aliphatic heterocycles. The summed E-state index contributed by atoms with van der Waals surface area (Å²) in [7, 11) is 0. The predicted octanol–water partition coefficient (Wildman–Crippen LogP) is 3.08. The molecule has 90 valence electrons. The third-order valence-electron chi connectivity index (χ3n) is 1.87. The molecular formula is C11H14F3NO. The molecule has 0 bridgehead atoms. The van der Waals surface area contributed by atoms with Crippen LogP contribution in [0.1, 0.15) is 19.4 Å². The lowest BCUT2D eigenvalue weighted by Crippen LogP contribution is -2.21. The Morgan fingerprint density at radius 3 is 2.19 bits per heavy atom. The van der Waals surface area contributed by atoms with Crippen molar-refractivity contribution in [3.8, 4) is 5.75 Å². The number of alkyl halides is 3. The summed E-state index contributed by atoms with van der Waals surface area (Å²) in [6, 6.07) is 6.17. The first-order valence-corrected chi connectivity index (χ1v) is 4.95. The van der Waals surface area contributed by atoms with Crippen LogP contribution < -0.4 is 10.1 Å². The van der Waals surface area contributed by atoms with E-state index >= 15 is 0 Å². The molecule has 2 nitrogen and oxygen atoms in total. The molecule has 0 unspecified atom stereocenters. The molecule has 16 heavy (non-hydrogen) atoms. The first kappa shape index (κ1) is 12.8. The summed E-state index contributed by atoms with van der Waals surface area (Å²) < 4.78 is 39.3. The maximum absolute atomic E-state index is 11.9. The smallest absolute Gasteiger partial charge is 0.406 e. The van der Waals surface area contributed by atoms with Crippen molar-refractivity contribution in [2.45, 2.75) is 32.8 Å². The lowest BCUT2D eigenvalue weighted by molar-refractivity contribution is -0.274. The molecule has 0 radical (unpaired) electrons. The summed E-state index contributed by atoms with van der Waals surface area (Å²) in [5, 5.41) is 3.17. The fourth-order valence-corrected chi connectivity index (χ4v) is 1.13. The fourth-order valence-electron chi connectivity index (χ4n) is 1.13. The highest BCUT2D eigenvalue weighted by Crippen LogP contribution is 2.22. The predicted molar refractivity (Wildman–Crippen MR) is 55.1 cm³/mol. The first-order valence-electron chi connectivity index (χ1n) is 4.95. The zero-order valence-electron chi connectivity index (χ0n) is 9.14. The summed E-state index contributed by atoms with van der Waals surface area (Å²) in [4.78, 5) is 0. The van der Waals surface area contributed by atoms with Gasteiger partial charge in [0.15, 0.2) is 0 Å². The van der Waals surface area contributed by atoms with Crippen molar-refractivity contribution >= 4 is 0 Å². The number of rotatable bonds is 4. The van der Waals surface area contributed by atoms with Crippen LogP contribution in [0.25, 0.3) is 0 Å². The molecule has 0 aliphatic carbocycles. The van der Waals surface area contributed by atoms with Crippen molar-refractivity contribution in [1.82, 2.24) is 5.32 Å². The molecule has 0 saturated carbocycles. The summed E-state index contributed by atoms with van der Waals surface area (Å²) >= 11 is 0. The third-order valence-corrected chi connectivity index (χ3v) is 1.87. The SMILES string of the molecule is CC(C)NCc1ccc(OC(F)(F)F)cc1. The van der Waals surface area contributed by atoms with Crippen LogP contribution in [0.2, 0.25) is 0 Å². The lowest BCUT2D eigenvalue weighted by atomic mass is 10.2. The number of benzene rings is 1. The van der Waals surface area contributed by atoms with Gasteiger partial charge in [-0.1, -0.05) is 26.0 Å². The van der Waals surface area contributed by atoms with Gasteiger partial charge in [-0.2, -0.15) is 0 Å². The van der Waals surface area contributed by atoms with Gasteiger partial charge >= 0.3 is 6.36 Å². The number of hydrogen-bond donors (Lipinski definition) is 1. The van der Waals surface area contributed by atoms with E-state index in [1.54, 1.807) is 12.1 Å². The van der Waals surface area contributed by atoms with E-state index in [1.165, 1.54) is 12.1 Å². The molecule has 0 atom stereocenters. The van der Waals surface area contributed by atoms with Crippen molar-refractivity contribution in [3.05, 3.63) is 29.8 Å². The summed E-state index contributed by atoms with van der Waals surface area (Å²) in [5.41, 5.74) is 0.920. The van der Waals surface area contributed by atoms with Gasteiger partial charge in [-0.15, -0.1) is 13.2 Å². The van der Waals surface area contributed by atoms with Crippen LogP contribution in [-0.4, -0.2) is 12.4 Å². The van der Waals surface area contributed by atoms with Gasteiger partial charge in [0.25, 0.3) is 0 Å². The molecule has 1 rings (SSSR count). The van der Waals surface area contributed by atoms with E-state index < -0.39 is 6.36 Å². The molecule has 0 saturated heterocycles. The Balaban J connectivity index is 2.54. The van der Waals surface area contributed by atoms with E-state index in [4.69, 9.17) is 0 Å². The molecule has 0 heterocycles. The number of nitrogens with one attached hydrogen (secondary N) is 1. The molecule has 0 aliphatic rings. The van der Waals surface area contributed by atoms with E-state index in [0.29, 0.717) is 12.6 Å². The second-order valence-electron chi connectivity index (χ2n) is 3.73. The Hall–Kier alpha value is -1.23. The van der Waals surface area contributed by atoms with Crippen LogP contribution in [0.4, 0.5) is 13.2 Å². The van der Waals surface area contributed by atoms with Gasteiger partial charge in [0.05, 0.1) is 0 Å². The Bertz CT molecular complexity index is 319. The van der Waals surface area contributed by atoms with Crippen molar-refractivity contribution in [1.29, 1.82) is 0 Å². The largest absolute Gasteiger partial charge is 0.573 e. The summed E-state index contributed by atoms with van der Waals surface area (Å²) in [6.07, 6.45) is -4.63. The Morgan fingerprint density at radius 1 is 1.19 bits per heavy atom. The highest BCUT2D eigenvalue weighted by Gasteiger charge is 2.30. The van der Waals surface area contributed by atoms with Crippen LogP contribution in [0.5, 0.6) is 5.75 Å². The van der Waals surface area contributed by atoms with Crippen LogP contribution in [0.3, 0.4) is 0 Å². The number of halogens is 3. The standard InChI is InChI=1S/C11H14F3NO/c1-8(2)15-7-9-3-5-10(6-4-9)16-11(12,13)14/h3-6,8,15H,7H2,1-2H3. The molecule has 1 aromatic carbocycles. The monoisotopic (exact) mass is 233 g/mol. The van der Waals surface area contributed by atoms with Crippen LogP contribution >= 0.6 is 0 Å². The van der Waals surface area contributed by atoms with E-state index in [-0.39, 0.29) is 5.75 Å². The molecule has 0 spiro atoms. The topological polar surface area (TPSA) is 21.3 Å². The van der Waals surface area contributed by atoms with E-state index in [9.17, 15) is 13.2 Å². The quantitative estimate of drug-likeness (QED) is 0.862. The minimum Gasteiger partial charge on any atom is -0.406 e. The maximum Gasteiger partial charge on any atom is 0.573 e. The minimum absolute atomic E-state index is 0.194. The van der Waals surface area contributed by atoms with E-state index in [1.807, 2.05) is 13.8 Å². The fraction of sp³-hybridized carbons (Fsp3) is 0.455. The minimum atomic E-state index is -4.63. The van der Waals surface area contributed by atoms with Gasteiger partial charge in [-0.05, 0) is 17.7 Å². The van der Waals surface area contributed by atoms with Gasteiger partial charge in [0.2, 0.25) is 0 Å². The zero-order chi connectivity index (χ0) is 12.2. The van der Waals surface area contributed by atoms with Crippen molar-refractivity contribution < 1.29 is 17.9 Å². The molecule has 1 aromatic rings. The van der Waals surface area contributed by atoms with Gasteiger partial charge in [-0.25, -0.2) is 0 Å². The number of ether oxygens (including phenoxy) is 1. The Kier molecular flexibility index (Phi) is 4.18. The normalized spacial score (nSPS) is 11.9. The van der Waals surface area contributed by atoms with Crippen molar-refractivity contribution in [2.24, 2.45) is 0 Å². The second kappa shape index (κ2) is 5.21. The Morgan fingerprint density at radius 2 is 1.75 bits per heavy atom. The van der Waals surface area contributed by atoms with Gasteiger partial charge in [-0.3, -0.25) is 0 Å². The molecule has 5 heteroatoms. The molecule has 1 N–H and O–H groups in total. The van der Waals surface area contributed by atoms with Crippen molar-refractivity contribution in [3.63, 3.8) is 0 Å². The van der Waals surface area contributed by atoms with Gasteiger partial charge < -0.3 is 10.1 Å². The van der Waals surface area contributed by atoms with Gasteiger partial charge in [0, 0.05) is 12.6 Å². The van der Waals surface area contributed by atoms with Crippen LogP contribution in [0.15, 0.2) is 24.3 Å². The van der Waals surface area contributed by atoms with Crippen LogP contribution in [-0.2, 0) is 6.54 Å².